The van der Waals surface area contributed by atoms with Gasteiger partial charge in [-0.1, -0.05) is 49.7 Å². The highest BCUT2D eigenvalue weighted by atomic mass is 16.7. The predicted octanol–water partition coefficient (Wildman–Crippen LogP) is 4.04. The molecule has 2 aromatic rings. The number of nitrogen functional groups attached to an aromatic ring is 1. The van der Waals surface area contributed by atoms with Crippen LogP contribution in [0.4, 0.5) is 5.69 Å². The van der Waals surface area contributed by atoms with Gasteiger partial charge in [-0.15, -0.1) is 0 Å². The normalized spacial score (nSPS) is 28.3. The Kier molecular flexibility index (Phi) is 6.50. The van der Waals surface area contributed by atoms with Gasteiger partial charge in [-0.05, 0) is 49.2 Å². The van der Waals surface area contributed by atoms with Crippen molar-refractivity contribution in [1.82, 2.24) is 4.90 Å². The first-order valence-electron chi connectivity index (χ1n) is 10.7. The van der Waals surface area contributed by atoms with E-state index in [0.29, 0.717) is 5.69 Å². The third-order valence-corrected chi connectivity index (χ3v) is 6.19. The van der Waals surface area contributed by atoms with Crippen molar-refractivity contribution in [2.24, 2.45) is 5.92 Å². The molecule has 2 fully saturated rings. The van der Waals surface area contributed by atoms with Crippen LogP contribution >= 0.6 is 0 Å². The largest absolute Gasteiger partial charge is 0.399 e. The van der Waals surface area contributed by atoms with Gasteiger partial charge in [0.05, 0.1) is 18.8 Å². The van der Waals surface area contributed by atoms with Crippen LogP contribution in [0.5, 0.6) is 0 Å². The first kappa shape index (κ1) is 20.4. The molecule has 0 spiro atoms. The van der Waals surface area contributed by atoms with E-state index in [-0.39, 0.29) is 24.7 Å². The summed E-state index contributed by atoms with van der Waals surface area (Å²) in [6.07, 6.45) is 3.43. The van der Waals surface area contributed by atoms with Crippen molar-refractivity contribution in [1.29, 1.82) is 0 Å². The van der Waals surface area contributed by atoms with Crippen LogP contribution < -0.4 is 5.73 Å². The number of anilines is 1. The Morgan fingerprint density at radius 1 is 1.00 bits per heavy atom. The van der Waals surface area contributed by atoms with Gasteiger partial charge in [0, 0.05) is 23.7 Å². The van der Waals surface area contributed by atoms with Crippen molar-refractivity contribution in [3.8, 4) is 0 Å². The minimum atomic E-state index is -0.438. The molecule has 0 saturated carbocycles. The molecule has 0 aromatic heterocycles. The molecule has 5 nitrogen and oxygen atoms in total. The number of hydrogen-bond acceptors (Lipinski definition) is 5. The van der Waals surface area contributed by atoms with E-state index in [4.69, 9.17) is 15.2 Å². The van der Waals surface area contributed by atoms with Crippen LogP contribution in [0.2, 0.25) is 0 Å². The molecule has 0 radical (unpaired) electrons. The standard InChI is InChI=1S/C24H32N2O3/c1-17-22(15-26-12-3-2-4-13-26)28-24(20-6-5-7-21(25)14-20)29-23(17)19-10-8-18(16-27)9-11-19/h5-11,14,17,22-24,27H,2-4,12-13,15-16,25H2,1H3. The van der Waals surface area contributed by atoms with Crippen LogP contribution in [0.25, 0.3) is 0 Å². The van der Waals surface area contributed by atoms with E-state index < -0.39 is 6.29 Å². The molecule has 5 heteroatoms. The minimum Gasteiger partial charge on any atom is -0.399 e. The maximum absolute atomic E-state index is 9.36. The maximum Gasteiger partial charge on any atom is 0.185 e. The Hall–Kier alpha value is -1.92. The highest BCUT2D eigenvalue weighted by Crippen LogP contribution is 2.42. The number of hydrogen-bond donors (Lipinski definition) is 2. The van der Waals surface area contributed by atoms with Gasteiger partial charge < -0.3 is 25.2 Å². The molecule has 0 bridgehead atoms. The molecule has 2 saturated heterocycles. The number of aliphatic hydroxyl groups excluding tert-OH is 1. The lowest BCUT2D eigenvalue weighted by atomic mass is 9.89. The third-order valence-electron chi connectivity index (χ3n) is 6.19. The van der Waals surface area contributed by atoms with Crippen molar-refractivity contribution in [3.05, 3.63) is 65.2 Å². The van der Waals surface area contributed by atoms with E-state index in [2.05, 4.69) is 24.0 Å². The molecule has 3 N–H and O–H groups in total. The fraction of sp³-hybridized carbons (Fsp3) is 0.500. The van der Waals surface area contributed by atoms with E-state index in [1.807, 2.05) is 36.4 Å². The van der Waals surface area contributed by atoms with Gasteiger partial charge in [-0.2, -0.15) is 0 Å². The Morgan fingerprint density at radius 2 is 1.76 bits per heavy atom. The van der Waals surface area contributed by atoms with Gasteiger partial charge in [0.2, 0.25) is 0 Å². The van der Waals surface area contributed by atoms with Crippen LogP contribution in [0.3, 0.4) is 0 Å². The molecule has 29 heavy (non-hydrogen) atoms. The zero-order chi connectivity index (χ0) is 20.2. The van der Waals surface area contributed by atoms with Gasteiger partial charge in [-0.25, -0.2) is 0 Å². The van der Waals surface area contributed by atoms with Crippen LogP contribution in [0.1, 0.15) is 55.3 Å². The smallest absolute Gasteiger partial charge is 0.185 e. The molecule has 2 heterocycles. The molecular formula is C24H32N2O3. The highest BCUT2D eigenvalue weighted by molar-refractivity contribution is 5.41. The quantitative estimate of drug-likeness (QED) is 0.747. The topological polar surface area (TPSA) is 68.0 Å². The highest BCUT2D eigenvalue weighted by Gasteiger charge is 2.39. The summed E-state index contributed by atoms with van der Waals surface area (Å²) in [7, 11) is 0. The SMILES string of the molecule is CC1C(CN2CCCCC2)OC(c2cccc(N)c2)OC1c1ccc(CO)cc1. The van der Waals surface area contributed by atoms with Crippen LogP contribution in [0.15, 0.2) is 48.5 Å². The summed E-state index contributed by atoms with van der Waals surface area (Å²) in [5, 5.41) is 9.36. The Labute approximate surface area is 173 Å². The van der Waals surface area contributed by atoms with Crippen LogP contribution in [-0.4, -0.2) is 35.7 Å². The predicted molar refractivity (Wildman–Crippen MR) is 114 cm³/mol. The number of likely N-dealkylation sites (tertiary alicyclic amines) is 1. The van der Waals surface area contributed by atoms with Gasteiger partial charge in [-0.3, -0.25) is 0 Å². The lowest BCUT2D eigenvalue weighted by Gasteiger charge is -2.43. The second-order valence-corrected chi connectivity index (χ2v) is 8.35. The monoisotopic (exact) mass is 396 g/mol. The average Bonchev–Trinajstić information content (AvgIpc) is 2.76. The number of benzene rings is 2. The fourth-order valence-corrected chi connectivity index (χ4v) is 4.43. The third kappa shape index (κ3) is 4.81. The number of nitrogens with two attached hydrogens (primary N) is 1. The summed E-state index contributed by atoms with van der Waals surface area (Å²) < 4.78 is 12.9. The first-order chi connectivity index (χ1) is 14.1. The number of rotatable bonds is 5. The fourth-order valence-electron chi connectivity index (χ4n) is 4.43. The summed E-state index contributed by atoms with van der Waals surface area (Å²) >= 11 is 0. The molecule has 2 aliphatic rings. The van der Waals surface area contributed by atoms with Crippen molar-refractivity contribution in [3.63, 3.8) is 0 Å². The molecule has 156 valence electrons. The first-order valence-corrected chi connectivity index (χ1v) is 10.7. The van der Waals surface area contributed by atoms with E-state index in [1.54, 1.807) is 0 Å². The Balaban J connectivity index is 1.59. The second kappa shape index (κ2) is 9.26. The molecule has 2 aliphatic heterocycles. The zero-order valence-corrected chi connectivity index (χ0v) is 17.2. The Morgan fingerprint density at radius 3 is 2.45 bits per heavy atom. The van der Waals surface area contributed by atoms with E-state index in [0.717, 1.165) is 36.3 Å². The number of aliphatic hydroxyl groups is 1. The Bertz CT molecular complexity index is 789. The minimum absolute atomic E-state index is 0.0496. The maximum atomic E-state index is 9.36. The second-order valence-electron chi connectivity index (χ2n) is 8.35. The van der Waals surface area contributed by atoms with Gasteiger partial charge >= 0.3 is 0 Å². The molecule has 4 rings (SSSR count). The number of ether oxygens (including phenoxy) is 2. The molecule has 2 aromatic carbocycles. The lowest BCUT2D eigenvalue weighted by Crippen LogP contribution is -2.45. The summed E-state index contributed by atoms with van der Waals surface area (Å²) in [5.41, 5.74) is 9.71. The summed E-state index contributed by atoms with van der Waals surface area (Å²) in [6, 6.07) is 15.8. The van der Waals surface area contributed by atoms with Crippen molar-refractivity contribution in [2.45, 2.75) is 51.3 Å². The lowest BCUT2D eigenvalue weighted by molar-refractivity contribution is -0.276. The summed E-state index contributed by atoms with van der Waals surface area (Å²) in [6.45, 7) is 5.48. The summed E-state index contributed by atoms with van der Waals surface area (Å²) in [4.78, 5) is 2.53. The van der Waals surface area contributed by atoms with Gasteiger partial charge in [0.1, 0.15) is 0 Å². The van der Waals surface area contributed by atoms with Crippen LogP contribution in [-0.2, 0) is 16.1 Å². The van der Waals surface area contributed by atoms with E-state index >= 15 is 0 Å². The average molecular weight is 397 g/mol. The van der Waals surface area contributed by atoms with Crippen molar-refractivity contribution in [2.75, 3.05) is 25.4 Å². The number of nitrogens with zero attached hydrogens (tertiary/aromatic N) is 1. The van der Waals surface area contributed by atoms with Crippen molar-refractivity contribution >= 4 is 5.69 Å². The van der Waals surface area contributed by atoms with Gasteiger partial charge in [0.25, 0.3) is 0 Å². The number of piperidine rings is 1. The van der Waals surface area contributed by atoms with E-state index in [1.165, 1.54) is 19.3 Å². The summed E-state index contributed by atoms with van der Waals surface area (Å²) in [5.74, 6) is 0.217. The molecule has 0 amide bonds. The zero-order valence-electron chi connectivity index (χ0n) is 17.2. The van der Waals surface area contributed by atoms with E-state index in [9.17, 15) is 5.11 Å². The molecule has 0 aliphatic carbocycles. The molecular weight excluding hydrogens is 364 g/mol. The van der Waals surface area contributed by atoms with Gasteiger partial charge in [0.15, 0.2) is 6.29 Å². The van der Waals surface area contributed by atoms with Crippen molar-refractivity contribution < 1.29 is 14.6 Å². The van der Waals surface area contributed by atoms with Crippen LogP contribution in [0, 0.1) is 5.92 Å². The molecule has 4 atom stereocenters. The molecule has 4 unspecified atom stereocenters.